The zero-order valence-corrected chi connectivity index (χ0v) is 13.0. The summed E-state index contributed by atoms with van der Waals surface area (Å²) in [7, 11) is -1.67. The molecule has 0 amide bonds. The van der Waals surface area contributed by atoms with Crippen LogP contribution in [0.5, 0.6) is 0 Å². The van der Waals surface area contributed by atoms with Gasteiger partial charge in [-0.25, -0.2) is 4.39 Å². The van der Waals surface area contributed by atoms with Crippen molar-refractivity contribution in [2.75, 3.05) is 0 Å². The van der Waals surface area contributed by atoms with Crippen molar-refractivity contribution in [2.45, 2.75) is 39.5 Å². The van der Waals surface area contributed by atoms with Gasteiger partial charge in [0, 0.05) is 4.90 Å². The summed E-state index contributed by atoms with van der Waals surface area (Å²) in [6, 6.07) is 5.91. The average Bonchev–Trinajstić information content (AvgIpc) is 2.51. The van der Waals surface area contributed by atoms with E-state index in [4.69, 9.17) is 0 Å². The van der Waals surface area contributed by atoms with E-state index < -0.39 is 45.4 Å². The van der Waals surface area contributed by atoms with Crippen LogP contribution in [-0.4, -0.2) is 34.6 Å². The number of benzene rings is 1. The summed E-state index contributed by atoms with van der Waals surface area (Å²) in [5, 5.41) is -6.02. The largest absolute Gasteiger partial charge is 0.384 e. The maximum Gasteiger partial charge on any atom is 0.384 e. The van der Waals surface area contributed by atoms with Gasteiger partial charge in [-0.05, 0) is 22.9 Å². The maximum atomic E-state index is 14.3. The van der Waals surface area contributed by atoms with Crippen LogP contribution in [0.3, 0.4) is 0 Å². The summed E-state index contributed by atoms with van der Waals surface area (Å²) >= 11 is 0. The minimum absolute atomic E-state index is 0.236. The highest BCUT2D eigenvalue weighted by atomic mass is 33.1. The molecule has 0 radical (unpaired) electrons. The molecule has 0 saturated heterocycles. The van der Waals surface area contributed by atoms with Crippen LogP contribution in [0.1, 0.15) is 0 Å². The molecule has 1 aliphatic carbocycles. The van der Waals surface area contributed by atoms with E-state index in [1.807, 2.05) is 0 Å². The molecule has 1 fully saturated rings. The van der Waals surface area contributed by atoms with Gasteiger partial charge in [0.15, 0.2) is 0 Å². The van der Waals surface area contributed by atoms with Crippen LogP contribution in [0.4, 0.5) is 48.3 Å². The lowest BCUT2D eigenvalue weighted by atomic mass is 9.81. The monoisotopic (exact) mass is 422 g/mol. The highest BCUT2D eigenvalue weighted by molar-refractivity contribution is 8.77. The van der Waals surface area contributed by atoms with E-state index in [9.17, 15) is 48.3 Å². The van der Waals surface area contributed by atoms with Gasteiger partial charge in [0.25, 0.3) is 0 Å². The molecule has 142 valence electrons. The molecule has 0 unspecified atom stereocenters. The van der Waals surface area contributed by atoms with Crippen LogP contribution in [0, 0.1) is 0 Å². The SMILES string of the molecule is FC1(F)C(F)(F)C(F)(F)C(F)(SSc2ccccc2)C(F)(F)C1(F)F. The predicted octanol–water partition coefficient (Wildman–Crippen LogP) is 6.28. The zero-order valence-electron chi connectivity index (χ0n) is 11.4. The number of hydrogen-bond donors (Lipinski definition) is 0. The molecule has 1 saturated carbocycles. The van der Waals surface area contributed by atoms with Gasteiger partial charge in [-0.1, -0.05) is 29.0 Å². The number of alkyl halides is 11. The van der Waals surface area contributed by atoms with E-state index in [1.54, 1.807) is 0 Å². The van der Waals surface area contributed by atoms with Gasteiger partial charge in [-0.2, -0.15) is 43.9 Å². The van der Waals surface area contributed by atoms with E-state index in [0.717, 1.165) is 12.1 Å². The number of rotatable bonds is 3. The van der Waals surface area contributed by atoms with Crippen molar-refractivity contribution < 1.29 is 48.3 Å². The second kappa shape index (κ2) is 5.57. The van der Waals surface area contributed by atoms with Crippen molar-refractivity contribution >= 4 is 21.6 Å². The van der Waals surface area contributed by atoms with Crippen LogP contribution in [0.15, 0.2) is 35.2 Å². The molecule has 25 heavy (non-hydrogen) atoms. The van der Waals surface area contributed by atoms with Crippen LogP contribution in [-0.2, 0) is 0 Å². The van der Waals surface area contributed by atoms with Crippen molar-refractivity contribution in [3.63, 3.8) is 0 Å². The van der Waals surface area contributed by atoms with Gasteiger partial charge in [0.2, 0.25) is 0 Å². The summed E-state index contributed by atoms with van der Waals surface area (Å²) in [6.45, 7) is 0. The summed E-state index contributed by atoms with van der Waals surface area (Å²) in [6.07, 6.45) is 0. The lowest BCUT2D eigenvalue weighted by Crippen LogP contribution is -2.82. The predicted molar refractivity (Wildman–Crippen MR) is 68.5 cm³/mol. The molecule has 0 atom stereocenters. The molecular weight excluding hydrogens is 417 g/mol. The van der Waals surface area contributed by atoms with E-state index in [1.165, 1.54) is 18.2 Å². The van der Waals surface area contributed by atoms with Crippen LogP contribution in [0.2, 0.25) is 0 Å². The Hall–Kier alpha value is -0.850. The molecule has 0 aromatic heterocycles. The van der Waals surface area contributed by atoms with Crippen molar-refractivity contribution in [1.82, 2.24) is 0 Å². The Morgan fingerprint density at radius 3 is 1.28 bits per heavy atom. The van der Waals surface area contributed by atoms with Gasteiger partial charge in [0.1, 0.15) is 0 Å². The lowest BCUT2D eigenvalue weighted by Gasteiger charge is -2.51. The Morgan fingerprint density at radius 1 is 0.520 bits per heavy atom. The molecule has 0 heterocycles. The zero-order chi connectivity index (χ0) is 19.5. The van der Waals surface area contributed by atoms with Gasteiger partial charge in [-0.3, -0.25) is 0 Å². The average molecular weight is 422 g/mol. The third kappa shape index (κ3) is 2.30. The van der Waals surface area contributed by atoms with E-state index in [-0.39, 0.29) is 15.7 Å². The van der Waals surface area contributed by atoms with Crippen molar-refractivity contribution in [1.29, 1.82) is 0 Å². The second-order valence-electron chi connectivity index (χ2n) is 4.95. The fourth-order valence-corrected chi connectivity index (χ4v) is 4.42. The summed E-state index contributed by atoms with van der Waals surface area (Å²) < 4.78 is 148. The molecule has 1 aromatic rings. The van der Waals surface area contributed by atoms with Crippen LogP contribution >= 0.6 is 21.6 Å². The third-order valence-corrected chi connectivity index (χ3v) is 6.19. The Kier molecular flexibility index (Phi) is 4.56. The first-order valence-electron chi connectivity index (χ1n) is 6.06. The number of hydrogen-bond acceptors (Lipinski definition) is 2. The second-order valence-corrected chi connectivity index (χ2v) is 7.31. The molecule has 1 aromatic carbocycles. The van der Waals surface area contributed by atoms with Gasteiger partial charge in [0.05, 0.1) is 0 Å². The smallest absolute Gasteiger partial charge is 0.217 e. The Labute approximate surface area is 140 Å². The highest BCUT2D eigenvalue weighted by Crippen LogP contribution is 2.73. The molecule has 0 N–H and O–H groups in total. The van der Waals surface area contributed by atoms with Gasteiger partial charge >= 0.3 is 34.6 Å². The standard InChI is InChI=1S/C12H5F11S2/c13-7(14)8(15,16)10(19,20)12(23,11(21,22)9(7,17)18)25-24-6-4-2-1-3-5-6/h1-5H. The number of halogens is 11. The molecule has 1 aliphatic rings. The van der Waals surface area contributed by atoms with Crippen molar-refractivity contribution in [3.8, 4) is 0 Å². The Balaban J connectivity index is 2.57. The minimum atomic E-state index is -7.18. The topological polar surface area (TPSA) is 0 Å². The van der Waals surface area contributed by atoms with Crippen LogP contribution in [0.25, 0.3) is 0 Å². The van der Waals surface area contributed by atoms with E-state index in [0.29, 0.717) is 0 Å². The lowest BCUT2D eigenvalue weighted by molar-refractivity contribution is -0.468. The highest BCUT2D eigenvalue weighted by Gasteiger charge is 3.01. The Morgan fingerprint density at radius 2 is 0.880 bits per heavy atom. The fourth-order valence-electron chi connectivity index (χ4n) is 1.88. The van der Waals surface area contributed by atoms with E-state index >= 15 is 0 Å². The summed E-state index contributed by atoms with van der Waals surface area (Å²) in [5.74, 6) is -34.9. The molecular formula is C12H5F11S2. The molecule has 0 aliphatic heterocycles. The van der Waals surface area contributed by atoms with Crippen molar-refractivity contribution in [2.24, 2.45) is 0 Å². The first kappa shape index (κ1) is 20.5. The third-order valence-electron chi connectivity index (χ3n) is 3.38. The van der Waals surface area contributed by atoms with Gasteiger partial charge in [-0.15, -0.1) is 0 Å². The van der Waals surface area contributed by atoms with E-state index in [2.05, 4.69) is 0 Å². The maximum absolute atomic E-state index is 14.3. The first-order valence-corrected chi connectivity index (χ1v) is 8.21. The summed E-state index contributed by atoms with van der Waals surface area (Å²) in [5.41, 5.74) is 0. The summed E-state index contributed by atoms with van der Waals surface area (Å²) in [4.78, 5) is -0.236. The van der Waals surface area contributed by atoms with Gasteiger partial charge < -0.3 is 0 Å². The quantitative estimate of drug-likeness (QED) is 0.415. The molecule has 0 spiro atoms. The van der Waals surface area contributed by atoms with Crippen LogP contribution < -0.4 is 0 Å². The van der Waals surface area contributed by atoms with Crippen molar-refractivity contribution in [3.05, 3.63) is 30.3 Å². The normalized spacial score (nSPS) is 27.6. The molecule has 0 bridgehead atoms. The molecule has 0 nitrogen and oxygen atoms in total. The minimum Gasteiger partial charge on any atom is -0.217 e. The molecule has 2 rings (SSSR count). The molecule has 13 heteroatoms. The Bertz CT molecular complexity index is 614. The fraction of sp³-hybridized carbons (Fsp3) is 0.500. The first-order chi connectivity index (χ1) is 11.1.